The fourth-order valence-electron chi connectivity index (χ4n) is 3.67. The fraction of sp³-hybridized carbons (Fsp3) is 0.440. The van der Waals surface area contributed by atoms with Crippen LogP contribution in [0.25, 0.3) is 10.6 Å². The number of benzene rings is 1. The van der Waals surface area contributed by atoms with Gasteiger partial charge in [0, 0.05) is 42.0 Å². The average Bonchev–Trinajstić information content (AvgIpc) is 3.25. The largest absolute Gasteiger partial charge is 0.378 e. The van der Waals surface area contributed by atoms with Crippen molar-refractivity contribution in [2.24, 2.45) is 0 Å². The van der Waals surface area contributed by atoms with Crippen LogP contribution in [0.5, 0.6) is 0 Å². The highest BCUT2D eigenvalue weighted by Gasteiger charge is 2.20. The van der Waals surface area contributed by atoms with Crippen molar-refractivity contribution >= 4 is 17.2 Å². The molecule has 6 heteroatoms. The van der Waals surface area contributed by atoms with Crippen molar-refractivity contribution < 1.29 is 9.47 Å². The van der Waals surface area contributed by atoms with Gasteiger partial charge in [-0.2, -0.15) is 0 Å². The van der Waals surface area contributed by atoms with E-state index in [1.807, 2.05) is 6.20 Å². The molecule has 1 aliphatic heterocycles. The van der Waals surface area contributed by atoms with E-state index in [4.69, 9.17) is 14.5 Å². The molecular formula is C25H31N3O2S. The minimum Gasteiger partial charge on any atom is -0.378 e. The van der Waals surface area contributed by atoms with Crippen LogP contribution in [0, 0.1) is 6.92 Å². The van der Waals surface area contributed by atoms with Gasteiger partial charge in [-0.15, -0.1) is 11.3 Å². The van der Waals surface area contributed by atoms with Crippen LogP contribution < -0.4 is 4.90 Å². The van der Waals surface area contributed by atoms with Gasteiger partial charge in [0.05, 0.1) is 19.8 Å². The highest BCUT2D eigenvalue weighted by atomic mass is 32.1. The van der Waals surface area contributed by atoms with Crippen LogP contribution in [-0.4, -0.2) is 42.9 Å². The second-order valence-electron chi connectivity index (χ2n) is 7.90. The first-order chi connectivity index (χ1) is 15.2. The Morgan fingerprint density at radius 1 is 1.13 bits per heavy atom. The molecule has 0 aliphatic carbocycles. The van der Waals surface area contributed by atoms with Gasteiger partial charge in [0.1, 0.15) is 10.8 Å². The Morgan fingerprint density at radius 3 is 2.71 bits per heavy atom. The summed E-state index contributed by atoms with van der Waals surface area (Å²) in [6.07, 6.45) is 4.79. The third kappa shape index (κ3) is 5.91. The number of nitrogens with zero attached hydrogens (tertiary/aromatic N) is 3. The maximum atomic E-state index is 5.93. The van der Waals surface area contributed by atoms with Crippen LogP contribution in [0.15, 0.2) is 42.6 Å². The van der Waals surface area contributed by atoms with Crippen molar-refractivity contribution in [1.29, 1.82) is 0 Å². The van der Waals surface area contributed by atoms with Crippen molar-refractivity contribution in [3.05, 3.63) is 64.3 Å². The Hall–Kier alpha value is -2.28. The van der Waals surface area contributed by atoms with E-state index in [9.17, 15) is 0 Å². The van der Waals surface area contributed by atoms with E-state index < -0.39 is 0 Å². The number of morpholine rings is 1. The zero-order chi connectivity index (χ0) is 21.5. The summed E-state index contributed by atoms with van der Waals surface area (Å²) in [4.78, 5) is 13.2. The van der Waals surface area contributed by atoms with Crippen LogP contribution in [-0.2, 0) is 28.9 Å². The first kappa shape index (κ1) is 21.9. The number of rotatable bonds is 9. The second kappa shape index (κ2) is 10.8. The molecule has 3 heterocycles. The predicted octanol–water partition coefficient (Wildman–Crippen LogP) is 5.06. The van der Waals surface area contributed by atoms with Crippen molar-refractivity contribution in [2.45, 2.75) is 39.7 Å². The van der Waals surface area contributed by atoms with Crippen LogP contribution in [0.2, 0.25) is 0 Å². The number of thiazole rings is 1. The number of aromatic nitrogens is 2. The van der Waals surface area contributed by atoms with E-state index in [0.717, 1.165) is 74.3 Å². The summed E-state index contributed by atoms with van der Waals surface area (Å²) in [7, 11) is 0. The van der Waals surface area contributed by atoms with Crippen LogP contribution >= 0.6 is 11.3 Å². The van der Waals surface area contributed by atoms with Crippen LogP contribution in [0.1, 0.15) is 35.0 Å². The molecule has 31 heavy (non-hydrogen) atoms. The molecule has 1 fully saturated rings. The summed E-state index contributed by atoms with van der Waals surface area (Å²) < 4.78 is 11.5. The first-order valence-corrected chi connectivity index (χ1v) is 12.0. The lowest BCUT2D eigenvalue weighted by atomic mass is 10.2. The SMILES string of the molecule is CCc1cc(-c2nc(N3CCOCC3)c(CCCOCc3ccc(C)cc3)s2)ccn1. The average molecular weight is 438 g/mol. The standard InChI is InChI=1S/C25H31N3O2S/c1-3-22-17-21(10-11-26-22)25-27-24(28-12-15-29-16-13-28)23(31-25)5-4-14-30-18-20-8-6-19(2)7-9-20/h6-11,17H,3-5,12-16,18H2,1-2H3. The summed E-state index contributed by atoms with van der Waals surface area (Å²) in [5.74, 6) is 1.12. The number of aryl methyl sites for hydroxylation is 3. The number of hydrogen-bond acceptors (Lipinski definition) is 6. The summed E-state index contributed by atoms with van der Waals surface area (Å²) in [5, 5.41) is 1.08. The minimum absolute atomic E-state index is 0.668. The van der Waals surface area contributed by atoms with E-state index in [-0.39, 0.29) is 0 Å². The van der Waals surface area contributed by atoms with Gasteiger partial charge in [0.15, 0.2) is 0 Å². The third-order valence-electron chi connectivity index (χ3n) is 5.49. The zero-order valence-electron chi connectivity index (χ0n) is 18.5. The van der Waals surface area contributed by atoms with Crippen molar-refractivity contribution in [3.8, 4) is 10.6 Å². The molecule has 0 saturated carbocycles. The molecule has 0 unspecified atom stereocenters. The van der Waals surface area contributed by atoms with Crippen molar-refractivity contribution in [2.75, 3.05) is 37.8 Å². The molecule has 0 spiro atoms. The molecule has 1 aromatic carbocycles. The molecule has 0 radical (unpaired) electrons. The van der Waals surface area contributed by atoms with E-state index >= 15 is 0 Å². The number of hydrogen-bond donors (Lipinski definition) is 0. The highest BCUT2D eigenvalue weighted by molar-refractivity contribution is 7.15. The number of anilines is 1. The molecule has 5 nitrogen and oxygen atoms in total. The van der Waals surface area contributed by atoms with Crippen molar-refractivity contribution in [3.63, 3.8) is 0 Å². The third-order valence-corrected chi connectivity index (χ3v) is 6.65. The molecule has 3 aromatic rings. The Balaban J connectivity index is 1.42. The molecule has 0 atom stereocenters. The van der Waals surface area contributed by atoms with Gasteiger partial charge in [0.25, 0.3) is 0 Å². The molecule has 0 amide bonds. The lowest BCUT2D eigenvalue weighted by Crippen LogP contribution is -2.36. The van der Waals surface area contributed by atoms with Gasteiger partial charge in [-0.3, -0.25) is 4.98 Å². The molecule has 1 aliphatic rings. The van der Waals surface area contributed by atoms with E-state index in [1.165, 1.54) is 16.0 Å². The lowest BCUT2D eigenvalue weighted by molar-refractivity contribution is 0.118. The van der Waals surface area contributed by atoms with Gasteiger partial charge in [-0.25, -0.2) is 4.98 Å². The van der Waals surface area contributed by atoms with E-state index in [0.29, 0.717) is 6.61 Å². The fourth-order valence-corrected chi connectivity index (χ4v) is 4.79. The number of ether oxygens (including phenoxy) is 2. The lowest BCUT2D eigenvalue weighted by Gasteiger charge is -2.27. The van der Waals surface area contributed by atoms with Gasteiger partial charge in [-0.05, 0) is 43.9 Å². The Labute approximate surface area is 189 Å². The monoisotopic (exact) mass is 437 g/mol. The Bertz CT molecular complexity index is 965. The molecule has 2 aromatic heterocycles. The molecule has 0 bridgehead atoms. The first-order valence-electron chi connectivity index (χ1n) is 11.1. The van der Waals surface area contributed by atoms with Gasteiger partial charge >= 0.3 is 0 Å². The van der Waals surface area contributed by atoms with Gasteiger partial charge in [-0.1, -0.05) is 36.8 Å². The van der Waals surface area contributed by atoms with Crippen LogP contribution in [0.3, 0.4) is 0 Å². The number of pyridine rings is 1. The molecule has 0 N–H and O–H groups in total. The summed E-state index contributed by atoms with van der Waals surface area (Å²) in [6.45, 7) is 8.99. The Kier molecular flexibility index (Phi) is 7.67. The summed E-state index contributed by atoms with van der Waals surface area (Å²) >= 11 is 1.80. The van der Waals surface area contributed by atoms with Crippen LogP contribution in [0.4, 0.5) is 5.82 Å². The molecule has 1 saturated heterocycles. The molecule has 164 valence electrons. The van der Waals surface area contributed by atoms with Gasteiger partial charge < -0.3 is 14.4 Å². The maximum absolute atomic E-state index is 5.93. The highest BCUT2D eigenvalue weighted by Crippen LogP contribution is 2.34. The predicted molar refractivity (Wildman–Crippen MR) is 127 cm³/mol. The zero-order valence-corrected chi connectivity index (χ0v) is 19.3. The summed E-state index contributed by atoms with van der Waals surface area (Å²) in [5.41, 5.74) is 4.77. The van der Waals surface area contributed by atoms with Crippen molar-refractivity contribution in [1.82, 2.24) is 9.97 Å². The maximum Gasteiger partial charge on any atom is 0.143 e. The smallest absolute Gasteiger partial charge is 0.143 e. The topological polar surface area (TPSA) is 47.5 Å². The minimum atomic E-state index is 0.668. The molecule has 4 rings (SSSR count). The van der Waals surface area contributed by atoms with E-state index in [1.54, 1.807) is 11.3 Å². The van der Waals surface area contributed by atoms with Gasteiger partial charge in [0.2, 0.25) is 0 Å². The Morgan fingerprint density at radius 2 is 1.94 bits per heavy atom. The van der Waals surface area contributed by atoms with E-state index in [2.05, 4.69) is 60.1 Å². The summed E-state index contributed by atoms with van der Waals surface area (Å²) in [6, 6.07) is 12.8. The molecular weight excluding hydrogens is 406 g/mol. The normalized spacial score (nSPS) is 14.2. The quantitative estimate of drug-likeness (QED) is 0.438. The second-order valence-corrected chi connectivity index (χ2v) is 8.98.